The fourth-order valence-electron chi connectivity index (χ4n) is 1.21. The molecule has 0 bridgehead atoms. The highest BCUT2D eigenvalue weighted by Gasteiger charge is 2.03. The summed E-state index contributed by atoms with van der Waals surface area (Å²) in [6, 6.07) is 5.80. The molecule has 0 heterocycles. The van der Waals surface area contributed by atoms with Gasteiger partial charge in [-0.2, -0.15) is 0 Å². The van der Waals surface area contributed by atoms with Crippen LogP contribution in [0.2, 0.25) is 13.1 Å². The van der Waals surface area contributed by atoms with Gasteiger partial charge in [-0.15, -0.1) is 0 Å². The molecule has 3 nitrogen and oxygen atoms in total. The van der Waals surface area contributed by atoms with Crippen molar-refractivity contribution in [1.29, 1.82) is 0 Å². The van der Waals surface area contributed by atoms with Crippen molar-refractivity contribution in [2.24, 2.45) is 0 Å². The molecule has 0 unspecified atom stereocenters. The van der Waals surface area contributed by atoms with Gasteiger partial charge in [0.2, 0.25) is 0 Å². The molecule has 4 heteroatoms. The van der Waals surface area contributed by atoms with E-state index in [1.807, 2.05) is 18.2 Å². The van der Waals surface area contributed by atoms with Crippen LogP contribution in [-0.2, 0) is 11.0 Å². The van der Waals surface area contributed by atoms with Gasteiger partial charge in [0.15, 0.2) is 9.04 Å². The zero-order valence-corrected chi connectivity index (χ0v) is 10.9. The predicted molar refractivity (Wildman–Crippen MR) is 63.2 cm³/mol. The van der Waals surface area contributed by atoms with Gasteiger partial charge >= 0.3 is 0 Å². The van der Waals surface area contributed by atoms with Crippen LogP contribution in [0.15, 0.2) is 18.2 Å². The van der Waals surface area contributed by atoms with Crippen LogP contribution in [0.4, 0.5) is 0 Å². The summed E-state index contributed by atoms with van der Waals surface area (Å²) in [7, 11) is 2.33. The van der Waals surface area contributed by atoms with Crippen molar-refractivity contribution in [3.8, 4) is 11.5 Å². The van der Waals surface area contributed by atoms with Crippen LogP contribution < -0.4 is 9.47 Å². The van der Waals surface area contributed by atoms with E-state index in [1.54, 1.807) is 14.2 Å². The molecule has 0 aliphatic heterocycles. The second-order valence-electron chi connectivity index (χ2n) is 3.58. The van der Waals surface area contributed by atoms with Crippen LogP contribution >= 0.6 is 0 Å². The van der Waals surface area contributed by atoms with Gasteiger partial charge in [-0.3, -0.25) is 0 Å². The standard InChI is InChI=1S/C11H18O3Si/c1-12-10-5-9(8-14-15(3)4)6-11(7-10)13-2/h5-7,15H,8H2,1-4H3. The third-order valence-electron chi connectivity index (χ3n) is 1.99. The highest BCUT2D eigenvalue weighted by Crippen LogP contribution is 2.22. The Morgan fingerprint density at radius 2 is 1.53 bits per heavy atom. The quantitative estimate of drug-likeness (QED) is 0.720. The molecule has 0 aromatic heterocycles. The number of benzene rings is 1. The molecule has 0 fully saturated rings. The van der Waals surface area contributed by atoms with E-state index in [0.29, 0.717) is 6.61 Å². The van der Waals surface area contributed by atoms with Crippen LogP contribution in [0, 0.1) is 0 Å². The second-order valence-corrected chi connectivity index (χ2v) is 6.01. The van der Waals surface area contributed by atoms with E-state index in [-0.39, 0.29) is 0 Å². The molecule has 0 aliphatic carbocycles. The molecule has 0 N–H and O–H groups in total. The van der Waals surface area contributed by atoms with Crippen LogP contribution in [0.5, 0.6) is 11.5 Å². The van der Waals surface area contributed by atoms with Crippen molar-refractivity contribution in [2.75, 3.05) is 14.2 Å². The fraction of sp³-hybridized carbons (Fsp3) is 0.455. The number of hydrogen-bond acceptors (Lipinski definition) is 3. The Morgan fingerprint density at radius 3 is 1.93 bits per heavy atom. The summed E-state index contributed by atoms with van der Waals surface area (Å²) in [5.74, 6) is 1.61. The average Bonchev–Trinajstić information content (AvgIpc) is 2.25. The minimum atomic E-state index is -0.971. The van der Waals surface area contributed by atoms with E-state index < -0.39 is 9.04 Å². The van der Waals surface area contributed by atoms with Crippen molar-refractivity contribution in [1.82, 2.24) is 0 Å². The zero-order chi connectivity index (χ0) is 11.3. The molecule has 0 atom stereocenters. The zero-order valence-electron chi connectivity index (χ0n) is 9.74. The topological polar surface area (TPSA) is 27.7 Å². The lowest BCUT2D eigenvalue weighted by Gasteiger charge is -2.10. The maximum Gasteiger partial charge on any atom is 0.171 e. The van der Waals surface area contributed by atoms with Crippen molar-refractivity contribution >= 4 is 9.04 Å². The highest BCUT2D eigenvalue weighted by molar-refractivity contribution is 6.48. The van der Waals surface area contributed by atoms with Crippen LogP contribution in [0.1, 0.15) is 5.56 Å². The van der Waals surface area contributed by atoms with Gasteiger partial charge in [-0.1, -0.05) is 0 Å². The fourth-order valence-corrected chi connectivity index (χ4v) is 1.74. The minimum Gasteiger partial charge on any atom is -0.497 e. The first-order valence-corrected chi connectivity index (χ1v) is 7.77. The molecule has 1 rings (SSSR count). The van der Waals surface area contributed by atoms with Crippen LogP contribution in [-0.4, -0.2) is 23.3 Å². The Kier molecular flexibility index (Phi) is 4.65. The van der Waals surface area contributed by atoms with E-state index >= 15 is 0 Å². The molecule has 0 radical (unpaired) electrons. The third-order valence-corrected chi connectivity index (χ3v) is 2.83. The molecule has 0 saturated heterocycles. The summed E-state index contributed by atoms with van der Waals surface area (Å²) in [6.07, 6.45) is 0. The summed E-state index contributed by atoms with van der Waals surface area (Å²) in [5, 5.41) is 0. The molecule has 84 valence electrons. The smallest absolute Gasteiger partial charge is 0.171 e. The second kappa shape index (κ2) is 5.78. The van der Waals surface area contributed by atoms with Crippen molar-refractivity contribution in [2.45, 2.75) is 19.7 Å². The summed E-state index contributed by atoms with van der Waals surface area (Å²) in [4.78, 5) is 0. The number of rotatable bonds is 5. The molecular formula is C11H18O3Si. The number of hydrogen-bond donors (Lipinski definition) is 0. The molecule has 1 aromatic carbocycles. The monoisotopic (exact) mass is 226 g/mol. The summed E-state index contributed by atoms with van der Waals surface area (Å²) in [5.41, 5.74) is 1.09. The Bertz CT molecular complexity index is 290. The summed E-state index contributed by atoms with van der Waals surface area (Å²) < 4.78 is 16.0. The number of ether oxygens (including phenoxy) is 2. The summed E-state index contributed by atoms with van der Waals surface area (Å²) >= 11 is 0. The largest absolute Gasteiger partial charge is 0.497 e. The molecule has 0 saturated carbocycles. The normalized spacial score (nSPS) is 10.5. The van der Waals surface area contributed by atoms with Gasteiger partial charge in [-0.05, 0) is 30.8 Å². The molecule has 0 spiro atoms. The van der Waals surface area contributed by atoms with E-state index in [2.05, 4.69) is 13.1 Å². The molecule has 0 amide bonds. The first-order valence-electron chi connectivity index (χ1n) is 4.99. The lowest BCUT2D eigenvalue weighted by atomic mass is 10.2. The Morgan fingerprint density at radius 1 is 1.00 bits per heavy atom. The lowest BCUT2D eigenvalue weighted by molar-refractivity contribution is 0.311. The van der Waals surface area contributed by atoms with Crippen molar-refractivity contribution in [3.63, 3.8) is 0 Å². The van der Waals surface area contributed by atoms with E-state index in [0.717, 1.165) is 17.1 Å². The van der Waals surface area contributed by atoms with Crippen LogP contribution in [0.25, 0.3) is 0 Å². The maximum atomic E-state index is 5.65. The van der Waals surface area contributed by atoms with Gasteiger partial charge in [0.25, 0.3) is 0 Å². The van der Waals surface area contributed by atoms with Gasteiger partial charge in [0, 0.05) is 6.07 Å². The minimum absolute atomic E-state index is 0.636. The van der Waals surface area contributed by atoms with E-state index in [1.165, 1.54) is 0 Å². The Labute approximate surface area is 92.7 Å². The average molecular weight is 226 g/mol. The van der Waals surface area contributed by atoms with Gasteiger partial charge in [0.1, 0.15) is 11.5 Å². The van der Waals surface area contributed by atoms with Gasteiger partial charge in [0.05, 0.1) is 20.8 Å². The molecule has 0 aliphatic rings. The number of methoxy groups -OCH3 is 2. The molecule has 1 aromatic rings. The van der Waals surface area contributed by atoms with Crippen molar-refractivity contribution < 1.29 is 13.9 Å². The SMILES string of the molecule is COc1cc(CO[SiH](C)C)cc(OC)c1. The van der Waals surface area contributed by atoms with E-state index in [4.69, 9.17) is 13.9 Å². The van der Waals surface area contributed by atoms with E-state index in [9.17, 15) is 0 Å². The summed E-state index contributed by atoms with van der Waals surface area (Å²) in [6.45, 7) is 4.94. The third kappa shape index (κ3) is 3.93. The molecular weight excluding hydrogens is 208 g/mol. The first-order chi connectivity index (χ1) is 7.15. The lowest BCUT2D eigenvalue weighted by Crippen LogP contribution is -2.07. The Balaban J connectivity index is 2.77. The first kappa shape index (κ1) is 12.1. The highest BCUT2D eigenvalue weighted by atomic mass is 28.3. The van der Waals surface area contributed by atoms with Gasteiger partial charge < -0.3 is 13.9 Å². The van der Waals surface area contributed by atoms with Gasteiger partial charge in [-0.25, -0.2) is 0 Å². The Hall–Kier alpha value is -1.00. The molecule has 15 heavy (non-hydrogen) atoms. The van der Waals surface area contributed by atoms with Crippen LogP contribution in [0.3, 0.4) is 0 Å². The maximum absolute atomic E-state index is 5.65. The van der Waals surface area contributed by atoms with Crippen molar-refractivity contribution in [3.05, 3.63) is 23.8 Å². The predicted octanol–water partition coefficient (Wildman–Crippen LogP) is 2.20.